The average Bonchev–Trinajstić information content (AvgIpc) is 2.71. The van der Waals surface area contributed by atoms with E-state index in [0.717, 1.165) is 5.56 Å². The number of para-hydroxylation sites is 1. The molecular weight excluding hydrogens is 356 g/mol. The lowest BCUT2D eigenvalue weighted by atomic mass is 10.1. The van der Waals surface area contributed by atoms with Crippen molar-refractivity contribution in [1.29, 1.82) is 0 Å². The number of phenolic OH excluding ortho intramolecular Hbond substituents is 1. The van der Waals surface area contributed by atoms with E-state index in [1.165, 1.54) is 0 Å². The maximum absolute atomic E-state index is 12.0. The van der Waals surface area contributed by atoms with E-state index in [1.54, 1.807) is 48.5 Å². The van der Waals surface area contributed by atoms with E-state index < -0.39 is 11.8 Å². The third kappa shape index (κ3) is 5.60. The third-order valence-corrected chi connectivity index (χ3v) is 3.93. The lowest BCUT2D eigenvalue weighted by molar-refractivity contribution is -0.136. The number of anilines is 1. The summed E-state index contributed by atoms with van der Waals surface area (Å²) in [6.45, 7) is 0.320. The van der Waals surface area contributed by atoms with Gasteiger partial charge in [0.05, 0.1) is 0 Å². The summed E-state index contributed by atoms with van der Waals surface area (Å²) in [4.78, 5) is 23.9. The van der Waals surface area contributed by atoms with E-state index in [2.05, 4.69) is 10.6 Å². The number of phenols is 1. The topological polar surface area (TPSA) is 87.7 Å². The Morgan fingerprint density at radius 1 is 0.786 bits per heavy atom. The number of hydrogen-bond donors (Lipinski definition) is 3. The molecule has 3 rings (SSSR count). The number of ether oxygens (including phenoxy) is 1. The van der Waals surface area contributed by atoms with Crippen LogP contribution < -0.4 is 15.4 Å². The van der Waals surface area contributed by atoms with Gasteiger partial charge in [0.1, 0.15) is 17.2 Å². The second-order valence-electron chi connectivity index (χ2n) is 6.07. The minimum Gasteiger partial charge on any atom is -0.508 e. The molecule has 0 bridgehead atoms. The van der Waals surface area contributed by atoms with Gasteiger partial charge in [-0.25, -0.2) is 0 Å². The molecule has 0 saturated carbocycles. The summed E-state index contributed by atoms with van der Waals surface area (Å²) in [7, 11) is 0. The molecule has 6 heteroatoms. The highest BCUT2D eigenvalue weighted by Gasteiger charge is 2.13. The predicted octanol–water partition coefficient (Wildman–Crippen LogP) is 3.48. The number of amides is 2. The third-order valence-electron chi connectivity index (χ3n) is 3.93. The van der Waals surface area contributed by atoms with Gasteiger partial charge < -0.3 is 20.5 Å². The van der Waals surface area contributed by atoms with Gasteiger partial charge in [-0.2, -0.15) is 0 Å². The van der Waals surface area contributed by atoms with Gasteiger partial charge in [-0.05, 0) is 60.5 Å². The van der Waals surface area contributed by atoms with Crippen LogP contribution in [0.1, 0.15) is 5.56 Å². The summed E-state index contributed by atoms with van der Waals surface area (Å²) in [6.07, 6.45) is 0.560. The zero-order chi connectivity index (χ0) is 19.8. The van der Waals surface area contributed by atoms with Gasteiger partial charge in [0, 0.05) is 12.2 Å². The fourth-order valence-electron chi connectivity index (χ4n) is 2.48. The molecule has 0 spiro atoms. The molecule has 0 atom stereocenters. The summed E-state index contributed by atoms with van der Waals surface area (Å²) >= 11 is 0. The maximum atomic E-state index is 12.0. The van der Waals surface area contributed by atoms with Crippen molar-refractivity contribution in [3.63, 3.8) is 0 Å². The van der Waals surface area contributed by atoms with Crippen LogP contribution in [0.3, 0.4) is 0 Å². The Morgan fingerprint density at radius 2 is 1.43 bits per heavy atom. The van der Waals surface area contributed by atoms with Gasteiger partial charge >= 0.3 is 11.8 Å². The molecule has 142 valence electrons. The molecule has 2 amide bonds. The average molecular weight is 376 g/mol. The number of nitrogens with one attached hydrogen (secondary N) is 2. The van der Waals surface area contributed by atoms with Gasteiger partial charge in [-0.15, -0.1) is 0 Å². The molecule has 3 aromatic carbocycles. The number of rotatable bonds is 6. The Balaban J connectivity index is 1.45. The van der Waals surface area contributed by atoms with Crippen LogP contribution in [-0.2, 0) is 16.0 Å². The molecule has 0 saturated heterocycles. The van der Waals surface area contributed by atoms with E-state index in [1.807, 2.05) is 30.3 Å². The van der Waals surface area contributed by atoms with Crippen molar-refractivity contribution in [3.8, 4) is 17.2 Å². The molecule has 0 fully saturated rings. The standard InChI is InChI=1S/C22H20N2O4/c25-18-10-6-16(7-11-18)14-15-23-21(26)22(27)24-17-8-12-20(13-9-17)28-19-4-2-1-3-5-19/h1-13,25H,14-15H2,(H,23,26)(H,24,27). The molecule has 3 N–H and O–H groups in total. The van der Waals surface area contributed by atoms with E-state index in [9.17, 15) is 14.7 Å². The van der Waals surface area contributed by atoms with Gasteiger partial charge in [-0.3, -0.25) is 9.59 Å². The molecule has 0 aliphatic carbocycles. The van der Waals surface area contributed by atoms with Crippen LogP contribution >= 0.6 is 0 Å². The molecule has 0 unspecified atom stereocenters. The van der Waals surface area contributed by atoms with E-state index in [-0.39, 0.29) is 5.75 Å². The lowest BCUT2D eigenvalue weighted by Gasteiger charge is -2.08. The quantitative estimate of drug-likeness (QED) is 0.575. The summed E-state index contributed by atoms with van der Waals surface area (Å²) < 4.78 is 5.68. The molecule has 0 heterocycles. The monoisotopic (exact) mass is 376 g/mol. The van der Waals surface area contributed by atoms with Crippen molar-refractivity contribution in [2.45, 2.75) is 6.42 Å². The molecule has 6 nitrogen and oxygen atoms in total. The Labute approximate surface area is 162 Å². The molecule has 0 aliphatic heterocycles. The highest BCUT2D eigenvalue weighted by atomic mass is 16.5. The summed E-state index contributed by atoms with van der Waals surface area (Å²) in [5.41, 5.74) is 1.45. The van der Waals surface area contributed by atoms with Crippen LogP contribution in [0.25, 0.3) is 0 Å². The first-order chi connectivity index (χ1) is 13.6. The molecule has 0 aliphatic rings. The Kier molecular flexibility index (Phi) is 6.25. The molecule has 3 aromatic rings. The lowest BCUT2D eigenvalue weighted by Crippen LogP contribution is -2.36. The first-order valence-electron chi connectivity index (χ1n) is 8.80. The number of hydrogen-bond acceptors (Lipinski definition) is 4. The van der Waals surface area contributed by atoms with Crippen LogP contribution in [0.15, 0.2) is 78.9 Å². The summed E-state index contributed by atoms with van der Waals surface area (Å²) in [5, 5.41) is 14.4. The van der Waals surface area contributed by atoms with E-state index in [0.29, 0.717) is 30.2 Å². The van der Waals surface area contributed by atoms with Crippen molar-refractivity contribution in [2.75, 3.05) is 11.9 Å². The number of carbonyl (C=O) groups is 2. The van der Waals surface area contributed by atoms with Crippen LogP contribution in [0.4, 0.5) is 5.69 Å². The summed E-state index contributed by atoms with van der Waals surface area (Å²) in [5.74, 6) is 0.0908. The normalized spacial score (nSPS) is 10.1. The highest BCUT2D eigenvalue weighted by molar-refractivity contribution is 6.39. The first kappa shape index (κ1) is 19.0. The van der Waals surface area contributed by atoms with E-state index in [4.69, 9.17) is 4.74 Å². The van der Waals surface area contributed by atoms with Gasteiger partial charge in [0.2, 0.25) is 0 Å². The second kappa shape index (κ2) is 9.23. The predicted molar refractivity (Wildman–Crippen MR) is 106 cm³/mol. The smallest absolute Gasteiger partial charge is 0.313 e. The fraction of sp³-hybridized carbons (Fsp3) is 0.0909. The molecule has 0 radical (unpaired) electrons. The van der Waals surface area contributed by atoms with Crippen molar-refractivity contribution >= 4 is 17.5 Å². The first-order valence-corrected chi connectivity index (χ1v) is 8.80. The zero-order valence-corrected chi connectivity index (χ0v) is 15.1. The van der Waals surface area contributed by atoms with Crippen LogP contribution in [-0.4, -0.2) is 23.5 Å². The molecule has 28 heavy (non-hydrogen) atoms. The molecular formula is C22H20N2O4. The van der Waals surface area contributed by atoms with Crippen molar-refractivity contribution < 1.29 is 19.4 Å². The van der Waals surface area contributed by atoms with Gasteiger partial charge in [-0.1, -0.05) is 30.3 Å². The van der Waals surface area contributed by atoms with Gasteiger partial charge in [0.15, 0.2) is 0 Å². The van der Waals surface area contributed by atoms with E-state index >= 15 is 0 Å². The number of aromatic hydroxyl groups is 1. The second-order valence-corrected chi connectivity index (χ2v) is 6.07. The number of carbonyl (C=O) groups excluding carboxylic acids is 2. The minimum absolute atomic E-state index is 0.187. The zero-order valence-electron chi connectivity index (χ0n) is 15.1. The Bertz CT molecular complexity index is 923. The fourth-order valence-corrected chi connectivity index (χ4v) is 2.48. The summed E-state index contributed by atoms with van der Waals surface area (Å²) in [6, 6.07) is 22.8. The van der Waals surface area contributed by atoms with Crippen LogP contribution in [0.2, 0.25) is 0 Å². The van der Waals surface area contributed by atoms with Crippen molar-refractivity contribution in [2.24, 2.45) is 0 Å². The minimum atomic E-state index is -0.734. The number of benzene rings is 3. The van der Waals surface area contributed by atoms with Crippen molar-refractivity contribution in [1.82, 2.24) is 5.32 Å². The van der Waals surface area contributed by atoms with Gasteiger partial charge in [0.25, 0.3) is 0 Å². The van der Waals surface area contributed by atoms with Crippen molar-refractivity contribution in [3.05, 3.63) is 84.4 Å². The maximum Gasteiger partial charge on any atom is 0.313 e. The Hall–Kier alpha value is -3.80. The SMILES string of the molecule is O=C(NCCc1ccc(O)cc1)C(=O)Nc1ccc(Oc2ccccc2)cc1. The molecule has 0 aromatic heterocycles. The van der Waals surface area contributed by atoms with Crippen LogP contribution in [0, 0.1) is 0 Å². The van der Waals surface area contributed by atoms with Crippen LogP contribution in [0.5, 0.6) is 17.2 Å². The highest BCUT2D eigenvalue weighted by Crippen LogP contribution is 2.22. The Morgan fingerprint density at radius 3 is 2.11 bits per heavy atom. The largest absolute Gasteiger partial charge is 0.508 e.